The van der Waals surface area contributed by atoms with Crippen LogP contribution in [0.4, 0.5) is 0 Å². The van der Waals surface area contributed by atoms with Crippen LogP contribution in [0.5, 0.6) is 5.75 Å². The molecule has 0 unspecified atom stereocenters. The fourth-order valence-corrected chi connectivity index (χ4v) is 4.10. The van der Waals surface area contributed by atoms with Crippen molar-refractivity contribution in [3.63, 3.8) is 0 Å². The van der Waals surface area contributed by atoms with Crippen molar-refractivity contribution in [1.82, 2.24) is 9.62 Å². The molecule has 2 heterocycles. The lowest BCUT2D eigenvalue weighted by molar-refractivity contribution is -0.139. The molecule has 1 saturated heterocycles. The van der Waals surface area contributed by atoms with Gasteiger partial charge >= 0.3 is 0 Å². The van der Waals surface area contributed by atoms with Gasteiger partial charge < -0.3 is 14.4 Å². The monoisotopic (exact) mass is 368 g/mol. The molecule has 1 N–H and O–H groups in total. The predicted octanol–water partition coefficient (Wildman–Crippen LogP) is 0.635. The maximum absolute atomic E-state index is 12.2. The topological polar surface area (TPSA) is 84.9 Å². The molecule has 8 heteroatoms. The van der Waals surface area contributed by atoms with Gasteiger partial charge in [-0.3, -0.25) is 4.79 Å². The molecule has 0 aromatic heterocycles. The van der Waals surface area contributed by atoms with E-state index in [1.54, 1.807) is 12.0 Å². The van der Waals surface area contributed by atoms with Crippen LogP contribution in [0.1, 0.15) is 24.0 Å². The van der Waals surface area contributed by atoms with E-state index in [1.807, 2.05) is 12.1 Å². The zero-order chi connectivity index (χ0) is 18.1. The summed E-state index contributed by atoms with van der Waals surface area (Å²) < 4.78 is 36.3. The van der Waals surface area contributed by atoms with E-state index >= 15 is 0 Å². The number of nitrogens with zero attached hydrogens (tertiary/aromatic N) is 1. The van der Waals surface area contributed by atoms with E-state index in [0.717, 1.165) is 24.0 Å². The lowest BCUT2D eigenvalue weighted by atomic mass is 9.78. The molecule has 7 nitrogen and oxygen atoms in total. The van der Waals surface area contributed by atoms with Crippen LogP contribution in [-0.2, 0) is 31.6 Å². The number of likely N-dealkylation sites (tertiary alicyclic amines) is 1. The molecule has 1 amide bonds. The number of nitrogens with one attached hydrogen (secondary N) is 1. The minimum atomic E-state index is -3.37. The highest BCUT2D eigenvalue weighted by Gasteiger charge is 2.43. The Morgan fingerprint density at radius 3 is 2.72 bits per heavy atom. The molecule has 1 spiro atoms. The molecular weight excluding hydrogens is 344 g/mol. The summed E-state index contributed by atoms with van der Waals surface area (Å²) in [6, 6.07) is 6.05. The number of hydrogen-bond acceptors (Lipinski definition) is 5. The molecule has 0 radical (unpaired) electrons. The Balaban J connectivity index is 1.74. The third-order valence-corrected chi connectivity index (χ3v) is 5.62. The van der Waals surface area contributed by atoms with Crippen molar-refractivity contribution in [2.75, 3.05) is 39.6 Å². The largest absolute Gasteiger partial charge is 0.496 e. The number of ether oxygens (including phenoxy) is 2. The number of carbonyl (C=O) groups excluding carboxylic acids is 1. The summed E-state index contributed by atoms with van der Waals surface area (Å²) in [7, 11) is -1.71. The Hall–Kier alpha value is -1.64. The average molecular weight is 368 g/mol. The first-order chi connectivity index (χ1) is 11.8. The van der Waals surface area contributed by atoms with E-state index in [1.165, 1.54) is 5.56 Å². The molecule has 1 aromatic carbocycles. The number of sulfonamides is 1. The molecule has 1 fully saturated rings. The van der Waals surface area contributed by atoms with Gasteiger partial charge in [-0.05, 0) is 30.9 Å². The van der Waals surface area contributed by atoms with Gasteiger partial charge in [-0.2, -0.15) is 0 Å². The highest BCUT2D eigenvalue weighted by atomic mass is 32.2. The molecular formula is C17H24N2O5S. The van der Waals surface area contributed by atoms with Gasteiger partial charge in [0.25, 0.3) is 0 Å². The van der Waals surface area contributed by atoms with Gasteiger partial charge in [0.1, 0.15) is 11.4 Å². The van der Waals surface area contributed by atoms with Crippen molar-refractivity contribution >= 4 is 15.9 Å². The van der Waals surface area contributed by atoms with Crippen molar-refractivity contribution < 1.29 is 22.7 Å². The second-order valence-electron chi connectivity index (χ2n) is 6.56. The Kier molecular flexibility index (Phi) is 5.04. The fraction of sp³-hybridized carbons (Fsp3) is 0.588. The van der Waals surface area contributed by atoms with Crippen LogP contribution in [0, 0.1) is 0 Å². The number of fused-ring (bicyclic) bond motifs is 2. The minimum absolute atomic E-state index is 0.202. The molecule has 0 bridgehead atoms. The number of piperidine rings is 1. The van der Waals surface area contributed by atoms with Crippen LogP contribution in [0.25, 0.3) is 0 Å². The lowest BCUT2D eigenvalue weighted by Crippen LogP contribution is -2.50. The van der Waals surface area contributed by atoms with E-state index in [-0.39, 0.29) is 12.5 Å². The van der Waals surface area contributed by atoms with Gasteiger partial charge in [0.15, 0.2) is 0 Å². The summed E-state index contributed by atoms with van der Waals surface area (Å²) in [5, 5.41) is 0. The smallest absolute Gasteiger partial charge is 0.237 e. The van der Waals surface area contributed by atoms with Gasteiger partial charge in [-0.15, -0.1) is 0 Å². The van der Waals surface area contributed by atoms with E-state index in [9.17, 15) is 13.2 Å². The van der Waals surface area contributed by atoms with Crippen LogP contribution < -0.4 is 9.46 Å². The van der Waals surface area contributed by atoms with Crippen molar-refractivity contribution in [2.24, 2.45) is 0 Å². The molecule has 2 aliphatic heterocycles. The van der Waals surface area contributed by atoms with E-state index < -0.39 is 15.6 Å². The molecule has 0 atom stereocenters. The summed E-state index contributed by atoms with van der Waals surface area (Å²) in [5.74, 6) is 0.618. The number of rotatable bonds is 4. The first-order valence-electron chi connectivity index (χ1n) is 8.37. The number of methoxy groups -OCH3 is 1. The SMILES string of the molecule is COc1cccc2c1C1(CCN(C(=O)CNS(C)(=O)=O)CC1)OCC2. The standard InChI is InChI=1S/C17H24N2O5S/c1-23-14-5-3-4-13-6-11-24-17(16(13)14)7-9-19(10-8-17)15(20)12-18-25(2,21)22/h3-5,18H,6-12H2,1-2H3. The first-order valence-corrected chi connectivity index (χ1v) is 10.3. The maximum atomic E-state index is 12.2. The molecule has 0 aliphatic carbocycles. The second-order valence-corrected chi connectivity index (χ2v) is 8.39. The zero-order valence-corrected chi connectivity index (χ0v) is 15.4. The summed E-state index contributed by atoms with van der Waals surface area (Å²) in [6.45, 7) is 1.51. The normalized spacial score (nSPS) is 19.5. The summed E-state index contributed by atoms with van der Waals surface area (Å²) in [4.78, 5) is 13.9. The van der Waals surface area contributed by atoms with Crippen LogP contribution in [0.2, 0.25) is 0 Å². The molecule has 1 aromatic rings. The van der Waals surface area contributed by atoms with Crippen LogP contribution in [-0.4, -0.2) is 58.8 Å². The highest BCUT2D eigenvalue weighted by Crippen LogP contribution is 2.45. The summed E-state index contributed by atoms with van der Waals surface area (Å²) in [6.07, 6.45) is 3.25. The second kappa shape index (κ2) is 6.93. The molecule has 0 saturated carbocycles. The summed E-state index contributed by atoms with van der Waals surface area (Å²) in [5.41, 5.74) is 1.91. The Labute approximate surface area is 148 Å². The maximum Gasteiger partial charge on any atom is 0.237 e. The van der Waals surface area contributed by atoms with Gasteiger partial charge in [0.2, 0.25) is 15.9 Å². The zero-order valence-electron chi connectivity index (χ0n) is 14.6. The third-order valence-electron chi connectivity index (χ3n) is 4.95. The van der Waals surface area contributed by atoms with Gasteiger partial charge in [0, 0.05) is 18.7 Å². The quantitative estimate of drug-likeness (QED) is 0.843. The number of hydrogen-bond donors (Lipinski definition) is 1. The highest BCUT2D eigenvalue weighted by molar-refractivity contribution is 7.88. The van der Waals surface area contributed by atoms with Gasteiger partial charge in [-0.1, -0.05) is 12.1 Å². The number of amides is 1. The van der Waals surface area contributed by atoms with Crippen molar-refractivity contribution in [3.05, 3.63) is 29.3 Å². The van der Waals surface area contributed by atoms with Crippen LogP contribution in [0.3, 0.4) is 0 Å². The molecule has 138 valence electrons. The van der Waals surface area contributed by atoms with Crippen molar-refractivity contribution in [3.8, 4) is 5.75 Å². The summed E-state index contributed by atoms with van der Waals surface area (Å²) >= 11 is 0. The van der Waals surface area contributed by atoms with Crippen molar-refractivity contribution in [1.29, 1.82) is 0 Å². The molecule has 3 rings (SSSR count). The van der Waals surface area contributed by atoms with Gasteiger partial charge in [0.05, 0.1) is 26.5 Å². The van der Waals surface area contributed by atoms with E-state index in [2.05, 4.69) is 10.8 Å². The molecule has 2 aliphatic rings. The minimum Gasteiger partial charge on any atom is -0.496 e. The van der Waals surface area contributed by atoms with E-state index in [4.69, 9.17) is 9.47 Å². The third kappa shape index (κ3) is 3.80. The fourth-order valence-electron chi connectivity index (χ4n) is 3.72. The average Bonchev–Trinajstić information content (AvgIpc) is 2.59. The van der Waals surface area contributed by atoms with E-state index in [0.29, 0.717) is 32.5 Å². The predicted molar refractivity (Wildman–Crippen MR) is 93.0 cm³/mol. The van der Waals surface area contributed by atoms with Gasteiger partial charge in [-0.25, -0.2) is 13.1 Å². The Morgan fingerprint density at radius 2 is 2.08 bits per heavy atom. The Bertz CT molecular complexity index is 740. The van der Waals surface area contributed by atoms with Crippen LogP contribution in [0.15, 0.2) is 18.2 Å². The lowest BCUT2D eigenvalue weighted by Gasteiger charge is -2.45. The molecule has 25 heavy (non-hydrogen) atoms. The van der Waals surface area contributed by atoms with Crippen molar-refractivity contribution in [2.45, 2.75) is 24.9 Å². The van der Waals surface area contributed by atoms with Crippen LogP contribution >= 0.6 is 0 Å². The Morgan fingerprint density at radius 1 is 1.36 bits per heavy atom. The number of benzene rings is 1. The number of carbonyl (C=O) groups is 1. The first kappa shape index (κ1) is 18.2.